The van der Waals surface area contributed by atoms with E-state index in [2.05, 4.69) is 25.8 Å². The average molecular weight is 475 g/mol. The molecule has 0 saturated heterocycles. The zero-order chi connectivity index (χ0) is 20.8. The van der Waals surface area contributed by atoms with E-state index in [9.17, 15) is 43.9 Å². The lowest BCUT2D eigenvalue weighted by Crippen LogP contribution is -2.50. The van der Waals surface area contributed by atoms with Gasteiger partial charge in [-0.05, 0) is 34.1 Å². The number of alkyl halides is 10. The molecule has 3 nitrogen and oxygen atoms in total. The number of halogens is 11. The van der Waals surface area contributed by atoms with E-state index in [0.717, 1.165) is 12.4 Å². The van der Waals surface area contributed by atoms with Crippen molar-refractivity contribution in [2.45, 2.75) is 24.4 Å². The van der Waals surface area contributed by atoms with Gasteiger partial charge in [0.15, 0.2) is 5.75 Å². The molecule has 1 aromatic heterocycles. The molecule has 2 rings (SSSR count). The average Bonchev–Trinajstić information content (AvgIpc) is 2.95. The van der Waals surface area contributed by atoms with Gasteiger partial charge < -0.3 is 4.74 Å². The van der Waals surface area contributed by atoms with Gasteiger partial charge in [-0.15, -0.1) is 13.2 Å². The molecule has 1 heterocycles. The smallest absolute Gasteiger partial charge is 0.403 e. The van der Waals surface area contributed by atoms with Gasteiger partial charge in [-0.25, -0.2) is 9.07 Å². The lowest BCUT2D eigenvalue weighted by Gasteiger charge is -2.31. The molecule has 0 unspecified atom stereocenters. The van der Waals surface area contributed by atoms with Crippen LogP contribution in [-0.4, -0.2) is 28.5 Å². The SMILES string of the molecule is FC(F)(F)Oc1cc(C(F)(C(F)(F)F)C(F)(F)F)cc(Br)c1-n1cccn1. The van der Waals surface area contributed by atoms with Crippen molar-refractivity contribution in [1.82, 2.24) is 9.78 Å². The summed E-state index contributed by atoms with van der Waals surface area (Å²) in [6, 6.07) is 0.945. The van der Waals surface area contributed by atoms with E-state index in [4.69, 9.17) is 0 Å². The van der Waals surface area contributed by atoms with Crippen LogP contribution in [-0.2, 0) is 5.67 Å². The molecule has 0 spiro atoms. The summed E-state index contributed by atoms with van der Waals surface area (Å²) in [5, 5.41) is 3.53. The van der Waals surface area contributed by atoms with Crippen LogP contribution in [0.5, 0.6) is 5.75 Å². The number of aromatic nitrogens is 2. The minimum atomic E-state index is -6.51. The van der Waals surface area contributed by atoms with Gasteiger partial charge in [0, 0.05) is 22.4 Å². The molecule has 0 radical (unpaired) electrons. The maximum absolute atomic E-state index is 14.2. The Bertz CT molecular complexity index is 796. The van der Waals surface area contributed by atoms with Crippen LogP contribution in [0.1, 0.15) is 5.56 Å². The summed E-state index contributed by atoms with van der Waals surface area (Å²) in [6.07, 6.45) is -16.4. The summed E-state index contributed by atoms with van der Waals surface area (Å²) < 4.78 is 133. The molecule has 0 aliphatic heterocycles. The second kappa shape index (κ2) is 6.56. The Balaban J connectivity index is 2.80. The highest BCUT2D eigenvalue weighted by Crippen LogP contribution is 2.54. The maximum atomic E-state index is 14.2. The minimum Gasteiger partial charge on any atom is -0.403 e. The van der Waals surface area contributed by atoms with Crippen molar-refractivity contribution in [2.24, 2.45) is 0 Å². The predicted molar refractivity (Wildman–Crippen MR) is 72.8 cm³/mol. The van der Waals surface area contributed by atoms with Crippen molar-refractivity contribution in [3.63, 3.8) is 0 Å². The molecule has 0 aliphatic rings. The van der Waals surface area contributed by atoms with Crippen LogP contribution in [0.4, 0.5) is 43.9 Å². The first kappa shape index (κ1) is 21.3. The maximum Gasteiger partial charge on any atom is 0.573 e. The largest absolute Gasteiger partial charge is 0.573 e. The fourth-order valence-corrected chi connectivity index (χ4v) is 2.71. The quantitative estimate of drug-likeness (QED) is 0.524. The summed E-state index contributed by atoms with van der Waals surface area (Å²) >= 11 is 2.54. The highest BCUT2D eigenvalue weighted by Gasteiger charge is 2.73. The molecule has 0 saturated carbocycles. The third kappa shape index (κ3) is 3.99. The second-order valence-electron chi connectivity index (χ2n) is 4.96. The number of rotatable bonds is 3. The molecule has 0 bridgehead atoms. The van der Waals surface area contributed by atoms with Crippen molar-refractivity contribution >= 4 is 15.9 Å². The lowest BCUT2D eigenvalue weighted by atomic mass is 9.93. The Morgan fingerprint density at radius 3 is 1.85 bits per heavy atom. The molecular formula is C13H5BrF10N2O. The first-order chi connectivity index (χ1) is 12.1. The van der Waals surface area contributed by atoms with E-state index in [0.29, 0.717) is 4.68 Å². The summed E-state index contributed by atoms with van der Waals surface area (Å²) in [6.45, 7) is 0. The van der Waals surface area contributed by atoms with E-state index >= 15 is 0 Å². The molecule has 27 heavy (non-hydrogen) atoms. The summed E-state index contributed by atoms with van der Waals surface area (Å²) in [4.78, 5) is 0. The highest BCUT2D eigenvalue weighted by molar-refractivity contribution is 9.10. The minimum absolute atomic E-state index is 0.0568. The fraction of sp³-hybridized carbons (Fsp3) is 0.308. The van der Waals surface area contributed by atoms with Crippen LogP contribution < -0.4 is 4.74 Å². The molecule has 0 atom stereocenters. The van der Waals surface area contributed by atoms with Crippen LogP contribution in [0.25, 0.3) is 5.69 Å². The van der Waals surface area contributed by atoms with Crippen LogP contribution in [0.2, 0.25) is 0 Å². The lowest BCUT2D eigenvalue weighted by molar-refractivity contribution is -0.348. The van der Waals surface area contributed by atoms with Crippen LogP contribution in [0, 0.1) is 0 Å². The third-order valence-corrected chi connectivity index (χ3v) is 3.77. The molecule has 0 aliphatic carbocycles. The number of benzene rings is 1. The van der Waals surface area contributed by atoms with Crippen molar-refractivity contribution in [1.29, 1.82) is 0 Å². The van der Waals surface area contributed by atoms with Crippen LogP contribution in [0.3, 0.4) is 0 Å². The molecular weight excluding hydrogens is 470 g/mol. The van der Waals surface area contributed by atoms with Gasteiger partial charge in [0.1, 0.15) is 5.69 Å². The zero-order valence-corrected chi connectivity index (χ0v) is 13.9. The Hall–Kier alpha value is -1.99. The Morgan fingerprint density at radius 1 is 0.889 bits per heavy atom. The van der Waals surface area contributed by atoms with Gasteiger partial charge in [0.05, 0.1) is 0 Å². The Kier molecular flexibility index (Phi) is 5.18. The van der Waals surface area contributed by atoms with Gasteiger partial charge >= 0.3 is 24.4 Å². The zero-order valence-electron chi connectivity index (χ0n) is 12.3. The van der Waals surface area contributed by atoms with Gasteiger partial charge in [-0.3, -0.25) is 0 Å². The number of nitrogens with zero attached hydrogens (tertiary/aromatic N) is 2. The predicted octanol–water partition coefficient (Wildman–Crippen LogP) is 5.82. The summed E-state index contributed by atoms with van der Waals surface area (Å²) in [5.74, 6) is -1.52. The number of hydrogen-bond donors (Lipinski definition) is 0. The first-order valence-electron chi connectivity index (χ1n) is 6.50. The number of hydrogen-bond acceptors (Lipinski definition) is 2. The summed E-state index contributed by atoms with van der Waals surface area (Å²) in [5.41, 5.74) is -8.77. The van der Waals surface area contributed by atoms with E-state index in [1.807, 2.05) is 0 Å². The van der Waals surface area contributed by atoms with Crippen molar-refractivity contribution in [2.75, 3.05) is 0 Å². The molecule has 1 aromatic carbocycles. The van der Waals surface area contributed by atoms with E-state index in [-0.39, 0.29) is 12.1 Å². The van der Waals surface area contributed by atoms with E-state index in [1.54, 1.807) is 0 Å². The van der Waals surface area contributed by atoms with Gasteiger partial charge in [0.25, 0.3) is 0 Å². The summed E-state index contributed by atoms with van der Waals surface area (Å²) in [7, 11) is 0. The van der Waals surface area contributed by atoms with Gasteiger partial charge in [-0.1, -0.05) is 0 Å². The van der Waals surface area contributed by atoms with Gasteiger partial charge in [0.2, 0.25) is 0 Å². The molecule has 14 heteroatoms. The molecule has 150 valence electrons. The van der Waals surface area contributed by atoms with Crippen LogP contribution >= 0.6 is 15.9 Å². The fourth-order valence-electron chi connectivity index (χ4n) is 2.09. The molecule has 0 N–H and O–H groups in total. The number of ether oxygens (including phenoxy) is 1. The third-order valence-electron chi connectivity index (χ3n) is 3.17. The van der Waals surface area contributed by atoms with Crippen molar-refractivity contribution in [3.05, 3.63) is 40.6 Å². The normalized spacial score (nSPS) is 13.7. The highest BCUT2D eigenvalue weighted by atomic mass is 79.9. The van der Waals surface area contributed by atoms with E-state index in [1.165, 1.54) is 6.07 Å². The second-order valence-corrected chi connectivity index (χ2v) is 5.81. The molecule has 0 fully saturated rings. The topological polar surface area (TPSA) is 27.1 Å². The molecule has 0 amide bonds. The van der Waals surface area contributed by atoms with Gasteiger partial charge in [-0.2, -0.15) is 31.4 Å². The first-order valence-corrected chi connectivity index (χ1v) is 7.29. The standard InChI is InChI=1S/C13H5BrF10N2O/c14-7-4-6(10(15,11(16,17)18)12(19,20)21)5-8(27-13(22,23)24)9(7)26-3-1-2-25-26/h1-5H. The Labute approximate surface area is 151 Å². The molecule has 2 aromatic rings. The monoisotopic (exact) mass is 474 g/mol. The van der Waals surface area contributed by atoms with Crippen molar-refractivity contribution < 1.29 is 48.6 Å². The van der Waals surface area contributed by atoms with Crippen molar-refractivity contribution in [3.8, 4) is 11.4 Å². The van der Waals surface area contributed by atoms with E-state index < -0.39 is 45.9 Å². The Morgan fingerprint density at radius 2 is 1.44 bits per heavy atom. The van der Waals surface area contributed by atoms with Crippen LogP contribution in [0.15, 0.2) is 35.1 Å².